The average Bonchev–Trinajstić information content (AvgIpc) is 2.26. The number of aliphatic hydroxyl groups is 1. The van der Waals surface area contributed by atoms with E-state index >= 15 is 0 Å². The summed E-state index contributed by atoms with van der Waals surface area (Å²) < 4.78 is 0. The van der Waals surface area contributed by atoms with E-state index in [0.717, 1.165) is 0 Å². The summed E-state index contributed by atoms with van der Waals surface area (Å²) in [7, 11) is 0. The van der Waals surface area contributed by atoms with Crippen LogP contribution in [0.25, 0.3) is 0 Å². The van der Waals surface area contributed by atoms with E-state index in [9.17, 15) is 10.1 Å². The van der Waals surface area contributed by atoms with E-state index in [2.05, 4.69) is 5.32 Å². The molecule has 0 aliphatic carbocycles. The quantitative estimate of drug-likeness (QED) is 0.616. The van der Waals surface area contributed by atoms with Gasteiger partial charge in [-0.05, 0) is 32.4 Å². The van der Waals surface area contributed by atoms with Crippen LogP contribution in [0.5, 0.6) is 0 Å². The molecule has 0 aliphatic rings. The van der Waals surface area contributed by atoms with E-state index in [1.165, 1.54) is 12.1 Å². The number of halogens is 1. The van der Waals surface area contributed by atoms with Crippen LogP contribution in [0.15, 0.2) is 18.2 Å². The highest BCUT2D eigenvalue weighted by Gasteiger charge is 2.19. The topological polar surface area (TPSA) is 75.4 Å². The fourth-order valence-corrected chi connectivity index (χ4v) is 1.77. The molecular formula is C12H17ClN2O3. The Balaban J connectivity index is 2.83. The molecule has 0 spiro atoms. The van der Waals surface area contributed by atoms with E-state index in [-0.39, 0.29) is 17.8 Å². The number of hydrogen-bond donors (Lipinski definition) is 2. The van der Waals surface area contributed by atoms with Crippen molar-refractivity contribution in [2.75, 3.05) is 6.61 Å². The normalized spacial score (nSPS) is 11.6. The minimum atomic E-state index is -0.424. The van der Waals surface area contributed by atoms with E-state index in [1.54, 1.807) is 6.07 Å². The Labute approximate surface area is 111 Å². The number of nitrogens with one attached hydrogen (secondary N) is 1. The Bertz CT molecular complexity index is 435. The van der Waals surface area contributed by atoms with E-state index < -0.39 is 4.92 Å². The second-order valence-corrected chi connectivity index (χ2v) is 5.18. The summed E-state index contributed by atoms with van der Waals surface area (Å²) in [5.74, 6) is 0. The molecule has 0 amide bonds. The van der Waals surface area contributed by atoms with Crippen LogP contribution < -0.4 is 5.32 Å². The Morgan fingerprint density at radius 2 is 2.17 bits per heavy atom. The third-order valence-corrected chi connectivity index (χ3v) is 2.97. The summed E-state index contributed by atoms with van der Waals surface area (Å²) >= 11 is 5.84. The van der Waals surface area contributed by atoms with Gasteiger partial charge in [0.25, 0.3) is 5.69 Å². The van der Waals surface area contributed by atoms with Crippen molar-refractivity contribution in [2.24, 2.45) is 0 Å². The molecule has 0 saturated heterocycles. The smallest absolute Gasteiger partial charge is 0.273 e. The molecule has 0 radical (unpaired) electrons. The summed E-state index contributed by atoms with van der Waals surface area (Å²) in [5.41, 5.74) is 0.301. The van der Waals surface area contributed by atoms with Gasteiger partial charge in [0, 0.05) is 35.3 Å². The number of nitro benzene ring substituents is 1. The number of hydrogen-bond acceptors (Lipinski definition) is 4. The lowest BCUT2D eigenvalue weighted by molar-refractivity contribution is -0.385. The zero-order valence-electron chi connectivity index (χ0n) is 10.4. The average molecular weight is 273 g/mol. The van der Waals surface area contributed by atoms with Crippen molar-refractivity contribution in [3.63, 3.8) is 0 Å². The zero-order chi connectivity index (χ0) is 13.8. The molecule has 0 fully saturated rings. The zero-order valence-corrected chi connectivity index (χ0v) is 11.2. The van der Waals surface area contributed by atoms with Crippen molar-refractivity contribution in [1.29, 1.82) is 0 Å². The maximum atomic E-state index is 10.9. The van der Waals surface area contributed by atoms with Gasteiger partial charge in [0.1, 0.15) is 0 Å². The Morgan fingerprint density at radius 3 is 2.72 bits per heavy atom. The SMILES string of the molecule is CC(C)(CCO)NCc1cc(Cl)ccc1[N+](=O)[O-]. The van der Waals surface area contributed by atoms with Gasteiger partial charge >= 0.3 is 0 Å². The standard InChI is InChI=1S/C12H17ClN2O3/c1-12(2,5-6-16)14-8-9-7-10(13)3-4-11(9)15(17)18/h3-4,7,14,16H,5-6,8H2,1-2H3. The van der Waals surface area contributed by atoms with Gasteiger partial charge in [-0.25, -0.2) is 0 Å². The minimum absolute atomic E-state index is 0.0479. The van der Waals surface area contributed by atoms with Crippen molar-refractivity contribution >= 4 is 17.3 Å². The molecule has 1 aromatic rings. The molecular weight excluding hydrogens is 256 g/mol. The molecule has 0 heterocycles. The van der Waals surface area contributed by atoms with Crippen LogP contribution >= 0.6 is 11.6 Å². The van der Waals surface area contributed by atoms with Gasteiger partial charge in [-0.3, -0.25) is 10.1 Å². The molecule has 0 atom stereocenters. The van der Waals surface area contributed by atoms with Gasteiger partial charge in [0.05, 0.1) is 4.92 Å². The van der Waals surface area contributed by atoms with E-state index in [0.29, 0.717) is 23.6 Å². The third kappa shape index (κ3) is 4.25. The lowest BCUT2D eigenvalue weighted by Gasteiger charge is -2.25. The third-order valence-electron chi connectivity index (χ3n) is 2.73. The van der Waals surface area contributed by atoms with Crippen molar-refractivity contribution in [3.05, 3.63) is 38.9 Å². The van der Waals surface area contributed by atoms with Gasteiger partial charge in [0.15, 0.2) is 0 Å². The van der Waals surface area contributed by atoms with Gasteiger partial charge in [-0.15, -0.1) is 0 Å². The predicted octanol–water partition coefficient (Wildman–Crippen LogP) is 2.50. The first-order valence-electron chi connectivity index (χ1n) is 5.64. The minimum Gasteiger partial charge on any atom is -0.396 e. The number of nitrogens with zero attached hydrogens (tertiary/aromatic N) is 1. The van der Waals surface area contributed by atoms with Crippen molar-refractivity contribution in [2.45, 2.75) is 32.4 Å². The molecule has 18 heavy (non-hydrogen) atoms. The Kier molecular flexibility index (Phi) is 5.07. The van der Waals surface area contributed by atoms with Crippen molar-refractivity contribution in [1.82, 2.24) is 5.32 Å². The van der Waals surface area contributed by atoms with Crippen LogP contribution in [0, 0.1) is 10.1 Å². The molecule has 0 aliphatic heterocycles. The van der Waals surface area contributed by atoms with E-state index in [4.69, 9.17) is 16.7 Å². The monoisotopic (exact) mass is 272 g/mol. The highest BCUT2D eigenvalue weighted by atomic mass is 35.5. The Hall–Kier alpha value is -1.17. The fraction of sp³-hybridized carbons (Fsp3) is 0.500. The second-order valence-electron chi connectivity index (χ2n) is 4.74. The first-order valence-corrected chi connectivity index (χ1v) is 6.02. The molecule has 0 bridgehead atoms. The van der Waals surface area contributed by atoms with Crippen LogP contribution in [-0.2, 0) is 6.54 Å². The first kappa shape index (κ1) is 14.9. The number of rotatable bonds is 6. The predicted molar refractivity (Wildman–Crippen MR) is 70.7 cm³/mol. The van der Waals surface area contributed by atoms with Crippen LogP contribution in [0.3, 0.4) is 0 Å². The van der Waals surface area contributed by atoms with Gasteiger partial charge in [-0.1, -0.05) is 11.6 Å². The van der Waals surface area contributed by atoms with Crippen molar-refractivity contribution in [3.8, 4) is 0 Å². The highest BCUT2D eigenvalue weighted by molar-refractivity contribution is 6.30. The maximum Gasteiger partial charge on any atom is 0.273 e. The molecule has 6 heteroatoms. The molecule has 1 aromatic carbocycles. The van der Waals surface area contributed by atoms with Crippen LogP contribution in [0.2, 0.25) is 5.02 Å². The summed E-state index contributed by atoms with van der Waals surface area (Å²) in [4.78, 5) is 10.5. The van der Waals surface area contributed by atoms with Crippen molar-refractivity contribution < 1.29 is 10.0 Å². The number of benzene rings is 1. The lowest BCUT2D eigenvalue weighted by Crippen LogP contribution is -2.39. The maximum absolute atomic E-state index is 10.9. The molecule has 0 unspecified atom stereocenters. The molecule has 2 N–H and O–H groups in total. The summed E-state index contributed by atoms with van der Waals surface area (Å²) in [6, 6.07) is 4.49. The van der Waals surface area contributed by atoms with Crippen LogP contribution in [0.1, 0.15) is 25.8 Å². The van der Waals surface area contributed by atoms with Gasteiger partial charge < -0.3 is 10.4 Å². The fourth-order valence-electron chi connectivity index (χ4n) is 1.58. The lowest BCUT2D eigenvalue weighted by atomic mass is 10.0. The summed E-state index contributed by atoms with van der Waals surface area (Å²) in [6.07, 6.45) is 0.571. The van der Waals surface area contributed by atoms with E-state index in [1.807, 2.05) is 13.8 Å². The van der Waals surface area contributed by atoms with Crippen LogP contribution in [0.4, 0.5) is 5.69 Å². The number of aliphatic hydroxyl groups excluding tert-OH is 1. The largest absolute Gasteiger partial charge is 0.396 e. The first-order chi connectivity index (χ1) is 8.35. The van der Waals surface area contributed by atoms with Gasteiger partial charge in [-0.2, -0.15) is 0 Å². The number of nitro groups is 1. The highest BCUT2D eigenvalue weighted by Crippen LogP contribution is 2.23. The molecule has 100 valence electrons. The molecule has 1 rings (SSSR count). The molecule has 5 nitrogen and oxygen atoms in total. The van der Waals surface area contributed by atoms with Crippen LogP contribution in [-0.4, -0.2) is 22.2 Å². The summed E-state index contributed by atoms with van der Waals surface area (Å²) in [5, 5.41) is 23.4. The molecule has 0 aromatic heterocycles. The second kappa shape index (κ2) is 6.13. The molecule has 0 saturated carbocycles. The summed E-state index contributed by atoms with van der Waals surface area (Å²) in [6.45, 7) is 4.26. The Morgan fingerprint density at radius 1 is 1.50 bits per heavy atom. The van der Waals surface area contributed by atoms with Gasteiger partial charge in [0.2, 0.25) is 0 Å².